The van der Waals surface area contributed by atoms with Crippen molar-refractivity contribution >= 4 is 18.2 Å². The van der Waals surface area contributed by atoms with E-state index in [1.807, 2.05) is 0 Å². The van der Waals surface area contributed by atoms with Crippen LogP contribution in [-0.4, -0.2) is 30.9 Å². The Balaban J connectivity index is 3.97. The molecule has 5 heteroatoms. The van der Waals surface area contributed by atoms with Crippen LogP contribution >= 0.6 is 0 Å². The Labute approximate surface area is 265 Å². The molecule has 0 radical (unpaired) electrons. The highest BCUT2D eigenvalue weighted by Gasteiger charge is 2.13. The molecule has 248 valence electrons. The third-order valence-electron chi connectivity index (χ3n) is 7.64. The third-order valence-corrected chi connectivity index (χ3v) is 7.64. The van der Waals surface area contributed by atoms with Gasteiger partial charge in [-0.15, -0.1) is 0 Å². The molecule has 0 rings (SSSR count). The maximum absolute atomic E-state index is 12.5. The van der Waals surface area contributed by atoms with Gasteiger partial charge in [0.25, 0.3) is 0 Å². The van der Waals surface area contributed by atoms with Crippen molar-refractivity contribution in [1.29, 1.82) is 0 Å². The van der Waals surface area contributed by atoms with Crippen molar-refractivity contribution in [2.45, 2.75) is 180 Å². The summed E-state index contributed by atoms with van der Waals surface area (Å²) < 4.78 is 10.7. The van der Waals surface area contributed by atoms with Gasteiger partial charge in [-0.2, -0.15) is 0 Å². The Morgan fingerprint density at radius 1 is 0.558 bits per heavy atom. The summed E-state index contributed by atoms with van der Waals surface area (Å²) in [6.45, 7) is 4.32. The van der Waals surface area contributed by atoms with Crippen molar-refractivity contribution in [3.8, 4) is 0 Å². The molecule has 0 aromatic rings. The van der Waals surface area contributed by atoms with Gasteiger partial charge >= 0.3 is 11.9 Å². The first-order valence-electron chi connectivity index (χ1n) is 17.9. The summed E-state index contributed by atoms with van der Waals surface area (Å²) >= 11 is 0. The molecule has 0 aromatic carbocycles. The van der Waals surface area contributed by atoms with E-state index < -0.39 is 0 Å². The van der Waals surface area contributed by atoms with E-state index in [1.165, 1.54) is 64.2 Å². The van der Waals surface area contributed by atoms with E-state index in [0.717, 1.165) is 83.5 Å². The maximum atomic E-state index is 12.5. The average Bonchev–Trinajstić information content (AvgIpc) is 3.00. The van der Waals surface area contributed by atoms with Crippen LogP contribution in [0.4, 0.5) is 0 Å². The van der Waals surface area contributed by atoms with Crippen LogP contribution in [-0.2, 0) is 23.9 Å². The van der Waals surface area contributed by atoms with Crippen molar-refractivity contribution in [3.63, 3.8) is 0 Å². The lowest BCUT2D eigenvalue weighted by molar-refractivity contribution is -0.149. The summed E-state index contributed by atoms with van der Waals surface area (Å²) in [4.78, 5) is 34.1. The van der Waals surface area contributed by atoms with E-state index in [1.54, 1.807) is 0 Å². The van der Waals surface area contributed by atoms with Gasteiger partial charge in [0, 0.05) is 19.3 Å². The van der Waals surface area contributed by atoms with Crippen LogP contribution < -0.4 is 0 Å². The van der Waals surface area contributed by atoms with E-state index in [-0.39, 0.29) is 24.6 Å². The minimum atomic E-state index is -0.286. The summed E-state index contributed by atoms with van der Waals surface area (Å²) in [6, 6.07) is 0. The van der Waals surface area contributed by atoms with Crippen LogP contribution in [0.5, 0.6) is 0 Å². The van der Waals surface area contributed by atoms with Gasteiger partial charge in [-0.3, -0.25) is 14.4 Å². The summed E-state index contributed by atoms with van der Waals surface area (Å²) in [5.41, 5.74) is 0. The van der Waals surface area contributed by atoms with Crippen molar-refractivity contribution in [2.24, 2.45) is 0 Å². The predicted molar refractivity (Wildman–Crippen MR) is 181 cm³/mol. The number of allylic oxidation sites excluding steroid dienone is 5. The normalized spacial score (nSPS) is 12.4. The summed E-state index contributed by atoms with van der Waals surface area (Å²) in [5.74, 6) is -0.319. The molecule has 0 aromatic heterocycles. The lowest BCUT2D eigenvalue weighted by atomic mass is 10.1. The second-order valence-corrected chi connectivity index (χ2v) is 11.8. The molecule has 0 amide bonds. The highest BCUT2D eigenvalue weighted by Crippen LogP contribution is 2.16. The summed E-state index contributed by atoms with van der Waals surface area (Å²) in [6.07, 6.45) is 40.9. The topological polar surface area (TPSA) is 69.7 Å². The third kappa shape index (κ3) is 32.6. The Kier molecular flexibility index (Phi) is 32.6. The zero-order valence-corrected chi connectivity index (χ0v) is 28.0. The minimum Gasteiger partial charge on any atom is -0.462 e. The summed E-state index contributed by atoms with van der Waals surface area (Å²) in [5, 5.41) is 0. The fraction of sp³-hybridized carbons (Fsp3) is 0.763. The van der Waals surface area contributed by atoms with Gasteiger partial charge in [0.15, 0.2) is 6.29 Å². The van der Waals surface area contributed by atoms with Gasteiger partial charge in [-0.05, 0) is 70.6 Å². The number of aldehydes is 1. The molecule has 0 aliphatic rings. The number of hydrogen-bond acceptors (Lipinski definition) is 5. The van der Waals surface area contributed by atoms with Crippen molar-refractivity contribution < 1.29 is 23.9 Å². The van der Waals surface area contributed by atoms with E-state index in [4.69, 9.17) is 9.47 Å². The number of carbonyl (C=O) groups is 3. The zero-order chi connectivity index (χ0) is 31.5. The van der Waals surface area contributed by atoms with Gasteiger partial charge in [0.2, 0.25) is 0 Å². The highest BCUT2D eigenvalue weighted by molar-refractivity contribution is 5.71. The molecule has 0 saturated heterocycles. The standard InChI is InChI=1S/C38H66O5/c1-3-5-7-9-10-11-12-13-14-15-16-17-22-25-29-33-38(41)43-36(30-26-8-6-4-2)31-27-23-20-18-19-21-24-28-32-37(40)42-35-34-39/h10-11,13-14,23,27,34,36H,3-9,12,15-22,24-26,28-33,35H2,1-2H3/b11-10-,14-13-,27-23-/t36-/m1/s1. The molecule has 5 nitrogen and oxygen atoms in total. The number of unbranched alkanes of at least 4 members (excludes halogenated alkanes) is 16. The lowest BCUT2D eigenvalue weighted by Gasteiger charge is -2.16. The second-order valence-electron chi connectivity index (χ2n) is 11.8. The first-order valence-corrected chi connectivity index (χ1v) is 17.9. The van der Waals surface area contributed by atoms with Crippen molar-refractivity contribution in [3.05, 3.63) is 36.5 Å². The van der Waals surface area contributed by atoms with Crippen LogP contribution in [0, 0.1) is 0 Å². The predicted octanol–water partition coefficient (Wildman–Crippen LogP) is 11.1. The molecule has 0 N–H and O–H groups in total. The van der Waals surface area contributed by atoms with Crippen LogP contribution in [0.25, 0.3) is 0 Å². The number of esters is 2. The number of carbonyl (C=O) groups excluding carboxylic acids is 3. The molecule has 0 aliphatic carbocycles. The summed E-state index contributed by atoms with van der Waals surface area (Å²) in [7, 11) is 0. The van der Waals surface area contributed by atoms with Gasteiger partial charge in [0.1, 0.15) is 12.7 Å². The average molecular weight is 603 g/mol. The quantitative estimate of drug-likeness (QED) is 0.0331. The molecule has 0 fully saturated rings. The SMILES string of the molecule is CCCCC/C=C\C/C=C\CCCCCCCC(=O)O[C@@H](C/C=C\CCCCCCCC(=O)OCC=O)CCCCCC. The molecule has 43 heavy (non-hydrogen) atoms. The molecule has 0 heterocycles. The monoisotopic (exact) mass is 602 g/mol. The Hall–Kier alpha value is -2.17. The Morgan fingerprint density at radius 2 is 1.05 bits per heavy atom. The Bertz CT molecular complexity index is 724. The van der Waals surface area contributed by atoms with Gasteiger partial charge in [0.05, 0.1) is 0 Å². The maximum Gasteiger partial charge on any atom is 0.306 e. The van der Waals surface area contributed by atoms with Gasteiger partial charge in [-0.1, -0.05) is 121 Å². The van der Waals surface area contributed by atoms with Crippen molar-refractivity contribution in [2.75, 3.05) is 6.61 Å². The zero-order valence-electron chi connectivity index (χ0n) is 28.0. The van der Waals surface area contributed by atoms with Crippen molar-refractivity contribution in [1.82, 2.24) is 0 Å². The number of hydrogen-bond donors (Lipinski definition) is 0. The van der Waals surface area contributed by atoms with Crippen LogP contribution in [0.3, 0.4) is 0 Å². The van der Waals surface area contributed by atoms with Crippen LogP contribution in [0.15, 0.2) is 36.5 Å². The largest absolute Gasteiger partial charge is 0.462 e. The molecule has 0 aliphatic heterocycles. The van der Waals surface area contributed by atoms with E-state index >= 15 is 0 Å². The molecule has 1 atom stereocenters. The van der Waals surface area contributed by atoms with Gasteiger partial charge in [-0.25, -0.2) is 0 Å². The van der Waals surface area contributed by atoms with E-state index in [2.05, 4.69) is 50.3 Å². The lowest BCUT2D eigenvalue weighted by Crippen LogP contribution is -2.17. The molecule has 0 unspecified atom stereocenters. The highest BCUT2D eigenvalue weighted by atomic mass is 16.5. The first kappa shape index (κ1) is 40.8. The number of ether oxygens (including phenoxy) is 2. The van der Waals surface area contributed by atoms with E-state index in [0.29, 0.717) is 19.1 Å². The molecule has 0 spiro atoms. The molecular weight excluding hydrogens is 536 g/mol. The van der Waals surface area contributed by atoms with Gasteiger partial charge < -0.3 is 9.47 Å². The fourth-order valence-electron chi connectivity index (χ4n) is 4.98. The Morgan fingerprint density at radius 3 is 1.65 bits per heavy atom. The smallest absolute Gasteiger partial charge is 0.306 e. The van der Waals surface area contributed by atoms with Crippen LogP contribution in [0.2, 0.25) is 0 Å². The molecule has 0 saturated carbocycles. The van der Waals surface area contributed by atoms with Crippen LogP contribution in [0.1, 0.15) is 174 Å². The molecular formula is C38H66O5. The first-order chi connectivity index (χ1) is 21.1. The molecule has 0 bridgehead atoms. The fourth-order valence-corrected chi connectivity index (χ4v) is 4.98. The number of rotatable bonds is 32. The second kappa shape index (κ2) is 34.3. The van der Waals surface area contributed by atoms with E-state index in [9.17, 15) is 14.4 Å². The minimum absolute atomic E-state index is 0.00227.